The zero-order valence-electron chi connectivity index (χ0n) is 17.0. The second-order valence-corrected chi connectivity index (χ2v) is 9.67. The van der Waals surface area contributed by atoms with E-state index in [1.807, 2.05) is 0 Å². The minimum absolute atomic E-state index is 0.0429. The fourth-order valence-electron chi connectivity index (χ4n) is 3.41. The molecule has 2 aromatic carbocycles. The molecule has 1 fully saturated rings. The van der Waals surface area contributed by atoms with Crippen LogP contribution >= 0.6 is 11.6 Å². The molecule has 1 atom stereocenters. The van der Waals surface area contributed by atoms with Crippen LogP contribution in [-0.4, -0.2) is 61.8 Å². The number of ether oxygens (including phenoxy) is 1. The molecule has 0 saturated carbocycles. The van der Waals surface area contributed by atoms with Gasteiger partial charge in [-0.1, -0.05) is 11.6 Å². The van der Waals surface area contributed by atoms with Gasteiger partial charge in [-0.2, -0.15) is 4.31 Å². The van der Waals surface area contributed by atoms with E-state index in [9.17, 15) is 22.4 Å². The molecular formula is C20H20ClFN4O5S. The van der Waals surface area contributed by atoms with Crippen LogP contribution in [0.3, 0.4) is 0 Å². The second-order valence-electron chi connectivity index (χ2n) is 7.36. The summed E-state index contributed by atoms with van der Waals surface area (Å²) in [6, 6.07) is 7.60. The normalized spacial score (nSPS) is 19.0. The van der Waals surface area contributed by atoms with E-state index in [-0.39, 0.29) is 47.8 Å². The van der Waals surface area contributed by atoms with Gasteiger partial charge in [0.15, 0.2) is 6.10 Å². The number of anilines is 2. The predicted octanol–water partition coefficient (Wildman–Crippen LogP) is 2.74. The predicted molar refractivity (Wildman–Crippen MR) is 116 cm³/mol. The molecule has 0 aromatic heterocycles. The summed E-state index contributed by atoms with van der Waals surface area (Å²) in [6.45, 7) is 2.02. The first-order chi connectivity index (χ1) is 15.1. The fraction of sp³-hybridized carbons (Fsp3) is 0.300. The van der Waals surface area contributed by atoms with Crippen molar-refractivity contribution in [3.8, 4) is 5.75 Å². The number of carbonyl (C=O) groups excluding carboxylic acids is 2. The summed E-state index contributed by atoms with van der Waals surface area (Å²) in [5, 5.41) is 5.23. The van der Waals surface area contributed by atoms with Gasteiger partial charge < -0.3 is 20.3 Å². The third kappa shape index (κ3) is 4.36. The highest BCUT2D eigenvalue weighted by Crippen LogP contribution is 2.38. The van der Waals surface area contributed by atoms with Gasteiger partial charge in [-0.3, -0.25) is 4.79 Å². The molecule has 2 N–H and O–H groups in total. The van der Waals surface area contributed by atoms with E-state index in [4.69, 9.17) is 16.3 Å². The Bertz CT molecular complexity index is 1170. The van der Waals surface area contributed by atoms with Gasteiger partial charge in [0.25, 0.3) is 5.91 Å². The van der Waals surface area contributed by atoms with E-state index in [1.165, 1.54) is 45.6 Å². The van der Waals surface area contributed by atoms with Crippen LogP contribution in [0, 0.1) is 5.82 Å². The molecule has 32 heavy (non-hydrogen) atoms. The molecule has 2 aromatic rings. The monoisotopic (exact) mass is 482 g/mol. The molecular weight excluding hydrogens is 463 g/mol. The average Bonchev–Trinajstić information content (AvgIpc) is 2.76. The van der Waals surface area contributed by atoms with Crippen molar-refractivity contribution >= 4 is 44.9 Å². The maximum Gasteiger partial charge on any atom is 0.321 e. The molecule has 0 unspecified atom stereocenters. The van der Waals surface area contributed by atoms with Gasteiger partial charge in [0.2, 0.25) is 10.0 Å². The van der Waals surface area contributed by atoms with Gasteiger partial charge in [0.1, 0.15) is 16.5 Å². The number of amides is 3. The number of fused-ring (bicyclic) bond motifs is 1. The Kier molecular flexibility index (Phi) is 5.97. The minimum Gasteiger partial charge on any atom is -0.479 e. The molecule has 12 heteroatoms. The third-order valence-corrected chi connectivity index (χ3v) is 7.57. The number of rotatable bonds is 3. The molecule has 2 heterocycles. The Labute approximate surface area is 189 Å². The van der Waals surface area contributed by atoms with Crippen molar-refractivity contribution in [3.63, 3.8) is 0 Å². The Balaban J connectivity index is 1.45. The molecule has 0 aliphatic carbocycles. The first-order valence-electron chi connectivity index (χ1n) is 9.78. The summed E-state index contributed by atoms with van der Waals surface area (Å²) < 4.78 is 46.1. The van der Waals surface area contributed by atoms with Crippen molar-refractivity contribution in [2.75, 3.05) is 36.8 Å². The zero-order chi connectivity index (χ0) is 23.0. The van der Waals surface area contributed by atoms with Crippen LogP contribution < -0.4 is 15.4 Å². The molecule has 0 spiro atoms. The number of urea groups is 1. The fourth-order valence-corrected chi connectivity index (χ4v) is 5.35. The Morgan fingerprint density at radius 2 is 1.84 bits per heavy atom. The van der Waals surface area contributed by atoms with Crippen molar-refractivity contribution in [1.29, 1.82) is 0 Å². The molecule has 1 saturated heterocycles. The van der Waals surface area contributed by atoms with E-state index >= 15 is 0 Å². The minimum atomic E-state index is -3.96. The highest BCUT2D eigenvalue weighted by molar-refractivity contribution is 7.89. The Hall–Kier alpha value is -2.89. The number of hydrogen-bond donors (Lipinski definition) is 2. The van der Waals surface area contributed by atoms with E-state index in [2.05, 4.69) is 10.6 Å². The second kappa shape index (κ2) is 8.57. The molecule has 0 bridgehead atoms. The van der Waals surface area contributed by atoms with Crippen LogP contribution in [0.15, 0.2) is 41.3 Å². The summed E-state index contributed by atoms with van der Waals surface area (Å²) in [5.41, 5.74) is 0.743. The SMILES string of the molecule is C[C@@H]1Oc2cc(S(=O)(=O)N3CCN(C(=O)Nc4ccc(F)cc4)CC3)c(Cl)cc2NC1=O. The molecule has 0 radical (unpaired) electrons. The number of halogens is 2. The summed E-state index contributed by atoms with van der Waals surface area (Å²) in [6.07, 6.45) is -0.762. The van der Waals surface area contributed by atoms with Crippen molar-refractivity contribution < 1.29 is 27.1 Å². The van der Waals surface area contributed by atoms with Crippen molar-refractivity contribution in [3.05, 3.63) is 47.2 Å². The number of hydrogen-bond acceptors (Lipinski definition) is 5. The lowest BCUT2D eigenvalue weighted by Crippen LogP contribution is -2.51. The van der Waals surface area contributed by atoms with Crippen LogP contribution in [0.5, 0.6) is 5.75 Å². The Morgan fingerprint density at radius 3 is 2.50 bits per heavy atom. The van der Waals surface area contributed by atoms with Crippen LogP contribution in [0.4, 0.5) is 20.6 Å². The highest BCUT2D eigenvalue weighted by atomic mass is 35.5. The van der Waals surface area contributed by atoms with E-state index in [0.717, 1.165) is 0 Å². The summed E-state index contributed by atoms with van der Waals surface area (Å²) >= 11 is 6.22. The number of nitrogens with one attached hydrogen (secondary N) is 2. The smallest absolute Gasteiger partial charge is 0.321 e. The molecule has 2 aliphatic rings. The number of nitrogens with zero attached hydrogens (tertiary/aromatic N) is 2. The number of piperazine rings is 1. The van der Waals surface area contributed by atoms with Crippen molar-refractivity contribution in [2.24, 2.45) is 0 Å². The molecule has 170 valence electrons. The zero-order valence-corrected chi connectivity index (χ0v) is 18.5. The van der Waals surface area contributed by atoms with E-state index in [0.29, 0.717) is 11.4 Å². The Morgan fingerprint density at radius 1 is 1.19 bits per heavy atom. The maximum atomic E-state index is 13.2. The lowest BCUT2D eigenvalue weighted by atomic mass is 10.2. The lowest BCUT2D eigenvalue weighted by molar-refractivity contribution is -0.122. The van der Waals surface area contributed by atoms with Gasteiger partial charge in [-0.15, -0.1) is 0 Å². The molecule has 9 nitrogen and oxygen atoms in total. The van der Waals surface area contributed by atoms with Gasteiger partial charge >= 0.3 is 6.03 Å². The van der Waals surface area contributed by atoms with Crippen LogP contribution in [0.1, 0.15) is 6.92 Å². The number of carbonyl (C=O) groups is 2. The van der Waals surface area contributed by atoms with Crippen LogP contribution in [0.25, 0.3) is 0 Å². The number of benzene rings is 2. The van der Waals surface area contributed by atoms with Crippen LogP contribution in [-0.2, 0) is 14.8 Å². The highest BCUT2D eigenvalue weighted by Gasteiger charge is 2.34. The first kappa shape index (κ1) is 22.3. The maximum absolute atomic E-state index is 13.2. The largest absolute Gasteiger partial charge is 0.479 e. The molecule has 2 aliphatic heterocycles. The van der Waals surface area contributed by atoms with Gasteiger partial charge in [0, 0.05) is 37.9 Å². The van der Waals surface area contributed by atoms with Crippen molar-refractivity contribution in [2.45, 2.75) is 17.9 Å². The summed E-state index contributed by atoms with van der Waals surface area (Å²) in [7, 11) is -3.96. The standard InChI is InChI=1S/C20H20ClFN4O5S/c1-12-19(27)24-16-10-15(21)18(11-17(16)31-12)32(29,30)26-8-6-25(7-9-26)20(28)23-14-4-2-13(22)3-5-14/h2-5,10-12H,6-9H2,1H3,(H,23,28)(H,24,27)/t12-/m0/s1. The summed E-state index contributed by atoms with van der Waals surface area (Å²) in [4.78, 5) is 25.5. The number of sulfonamides is 1. The topological polar surface area (TPSA) is 108 Å². The molecule has 3 amide bonds. The average molecular weight is 483 g/mol. The third-order valence-electron chi connectivity index (χ3n) is 5.20. The van der Waals surface area contributed by atoms with Crippen LogP contribution in [0.2, 0.25) is 5.02 Å². The first-order valence-corrected chi connectivity index (χ1v) is 11.6. The van der Waals surface area contributed by atoms with E-state index < -0.39 is 28.0 Å². The van der Waals surface area contributed by atoms with E-state index in [1.54, 1.807) is 6.92 Å². The lowest BCUT2D eigenvalue weighted by Gasteiger charge is -2.34. The van der Waals surface area contributed by atoms with Gasteiger partial charge in [0.05, 0.1) is 10.7 Å². The molecule has 4 rings (SSSR count). The quantitative estimate of drug-likeness (QED) is 0.699. The van der Waals surface area contributed by atoms with Crippen molar-refractivity contribution in [1.82, 2.24) is 9.21 Å². The van der Waals surface area contributed by atoms with Gasteiger partial charge in [-0.25, -0.2) is 17.6 Å². The van der Waals surface area contributed by atoms with Gasteiger partial charge in [-0.05, 0) is 37.3 Å². The summed E-state index contributed by atoms with van der Waals surface area (Å²) in [5.74, 6) is -0.540.